The number of hydrogen-bond acceptors (Lipinski definition) is 6. The fourth-order valence-electron chi connectivity index (χ4n) is 2.77. The number of carbonyl (C=O) groups is 2. The highest BCUT2D eigenvalue weighted by atomic mass is 28.4. The number of carbonyl (C=O) groups excluding carboxylic acids is 2. The molecule has 0 spiro atoms. The molecule has 0 atom stereocenters. The van der Waals surface area contributed by atoms with Gasteiger partial charge >= 0.3 is 17.1 Å². The summed E-state index contributed by atoms with van der Waals surface area (Å²) in [5, 5.41) is 5.77. The van der Waals surface area contributed by atoms with Crippen molar-refractivity contribution in [2.24, 2.45) is 0 Å². The normalized spacial score (nSPS) is 11.9. The SMILES string of the molecule is CO[Si](C)(CCCNC(=O)c1ccc(C(=O)NCCC[Si](C)(OC)OC)cc1)OC. The summed E-state index contributed by atoms with van der Waals surface area (Å²) in [6.07, 6.45) is 1.56. The number of hydrogen-bond donors (Lipinski definition) is 2. The second-order valence-corrected chi connectivity index (χ2v) is 14.5. The molecule has 10 heteroatoms. The summed E-state index contributed by atoms with van der Waals surface area (Å²) in [6, 6.07) is 8.24. The smallest absolute Gasteiger partial charge is 0.334 e. The third-order valence-electron chi connectivity index (χ3n) is 5.32. The predicted octanol–water partition coefficient (Wildman–Crippen LogP) is 2.66. The number of benzene rings is 1. The van der Waals surface area contributed by atoms with Crippen LogP contribution in [0.5, 0.6) is 0 Å². The number of nitrogens with one attached hydrogen (secondary N) is 2. The summed E-state index contributed by atoms with van der Waals surface area (Å²) >= 11 is 0. The molecule has 0 radical (unpaired) electrons. The third-order valence-corrected chi connectivity index (χ3v) is 11.3. The Morgan fingerprint density at radius 1 is 0.700 bits per heavy atom. The van der Waals surface area contributed by atoms with Gasteiger partial charge in [-0.2, -0.15) is 0 Å². The van der Waals surface area contributed by atoms with E-state index in [1.54, 1.807) is 52.7 Å². The summed E-state index contributed by atoms with van der Waals surface area (Å²) in [7, 11) is 2.42. The minimum atomic E-state index is -2.11. The van der Waals surface area contributed by atoms with Gasteiger partial charge in [-0.1, -0.05) is 0 Å². The lowest BCUT2D eigenvalue weighted by Crippen LogP contribution is -2.37. The van der Waals surface area contributed by atoms with Crippen molar-refractivity contribution in [2.75, 3.05) is 41.5 Å². The number of rotatable bonds is 14. The highest BCUT2D eigenvalue weighted by Crippen LogP contribution is 2.14. The molecular weight excluding hydrogens is 420 g/mol. The standard InChI is InChI=1S/C20H36N2O6Si2/c1-25-29(5,26-2)15-7-13-21-19(23)17-9-11-18(12-10-17)20(24)22-14-8-16-30(6,27-3)28-4/h9-12H,7-8,13-16H2,1-6H3,(H,21,23)(H,22,24). The molecule has 30 heavy (non-hydrogen) atoms. The fourth-order valence-corrected chi connectivity index (χ4v) is 5.56. The van der Waals surface area contributed by atoms with Crippen LogP contribution in [0.2, 0.25) is 25.2 Å². The molecule has 0 aliphatic rings. The molecule has 0 fully saturated rings. The maximum absolute atomic E-state index is 12.3. The largest absolute Gasteiger partial charge is 0.398 e. The van der Waals surface area contributed by atoms with Gasteiger partial charge in [-0.05, 0) is 62.3 Å². The lowest BCUT2D eigenvalue weighted by molar-refractivity contribution is 0.0941. The van der Waals surface area contributed by atoms with E-state index in [1.165, 1.54) is 0 Å². The Bertz CT molecular complexity index is 607. The van der Waals surface area contributed by atoms with Gasteiger partial charge in [0.1, 0.15) is 0 Å². The lowest BCUT2D eigenvalue weighted by atomic mass is 10.1. The molecule has 1 aromatic carbocycles. The molecule has 0 aliphatic heterocycles. The van der Waals surface area contributed by atoms with E-state index in [4.69, 9.17) is 17.7 Å². The Morgan fingerprint density at radius 3 is 1.27 bits per heavy atom. The quantitative estimate of drug-likeness (QED) is 0.330. The second kappa shape index (κ2) is 13.0. The topological polar surface area (TPSA) is 95.1 Å². The number of amides is 2. The highest BCUT2D eigenvalue weighted by Gasteiger charge is 2.28. The average molecular weight is 457 g/mol. The average Bonchev–Trinajstić information content (AvgIpc) is 2.79. The molecule has 0 aliphatic carbocycles. The van der Waals surface area contributed by atoms with E-state index in [0.29, 0.717) is 24.2 Å². The van der Waals surface area contributed by atoms with E-state index in [-0.39, 0.29) is 11.8 Å². The van der Waals surface area contributed by atoms with Crippen molar-refractivity contribution in [1.82, 2.24) is 10.6 Å². The van der Waals surface area contributed by atoms with Crippen LogP contribution in [-0.4, -0.2) is 70.5 Å². The Kier molecular flexibility index (Phi) is 11.4. The Labute approximate surface area is 182 Å². The zero-order chi connectivity index (χ0) is 22.6. The van der Waals surface area contributed by atoms with E-state index in [0.717, 1.165) is 24.9 Å². The molecular formula is C20H36N2O6Si2. The van der Waals surface area contributed by atoms with E-state index in [1.807, 2.05) is 13.1 Å². The molecule has 0 aromatic heterocycles. The summed E-state index contributed by atoms with van der Waals surface area (Å²) < 4.78 is 21.7. The zero-order valence-electron chi connectivity index (χ0n) is 19.0. The first-order chi connectivity index (χ1) is 14.2. The summed E-state index contributed by atoms with van der Waals surface area (Å²) in [6.45, 7) is 5.08. The molecule has 170 valence electrons. The summed E-state index contributed by atoms with van der Waals surface area (Å²) in [5.74, 6) is -0.327. The molecule has 0 heterocycles. The van der Waals surface area contributed by atoms with E-state index >= 15 is 0 Å². The van der Waals surface area contributed by atoms with Crippen LogP contribution in [0.15, 0.2) is 24.3 Å². The van der Waals surface area contributed by atoms with Gasteiger partial charge in [-0.25, -0.2) is 0 Å². The minimum absolute atomic E-state index is 0.163. The van der Waals surface area contributed by atoms with Crippen molar-refractivity contribution < 1.29 is 27.3 Å². The van der Waals surface area contributed by atoms with E-state index in [2.05, 4.69) is 10.6 Å². The van der Waals surface area contributed by atoms with Gasteiger partial charge in [0.2, 0.25) is 0 Å². The van der Waals surface area contributed by atoms with Crippen LogP contribution in [0.3, 0.4) is 0 Å². The molecule has 2 amide bonds. The van der Waals surface area contributed by atoms with Crippen molar-refractivity contribution in [2.45, 2.75) is 38.0 Å². The van der Waals surface area contributed by atoms with Crippen molar-refractivity contribution in [3.8, 4) is 0 Å². The molecule has 1 aromatic rings. The maximum Gasteiger partial charge on any atom is 0.334 e. The molecule has 0 saturated carbocycles. The fraction of sp³-hybridized carbons (Fsp3) is 0.600. The highest BCUT2D eigenvalue weighted by molar-refractivity contribution is 6.66. The van der Waals surface area contributed by atoms with Crippen molar-refractivity contribution >= 4 is 28.9 Å². The van der Waals surface area contributed by atoms with Gasteiger partial charge in [-0.3, -0.25) is 9.59 Å². The molecule has 8 nitrogen and oxygen atoms in total. The summed E-state index contributed by atoms with van der Waals surface area (Å²) in [4.78, 5) is 24.5. The van der Waals surface area contributed by atoms with Gasteiger partial charge in [0.15, 0.2) is 0 Å². The summed E-state index contributed by atoms with van der Waals surface area (Å²) in [5.41, 5.74) is 1.04. The zero-order valence-corrected chi connectivity index (χ0v) is 21.0. The molecule has 0 bridgehead atoms. The molecule has 0 unspecified atom stereocenters. The van der Waals surface area contributed by atoms with Gasteiger partial charge in [0.25, 0.3) is 11.8 Å². The van der Waals surface area contributed by atoms with Crippen molar-refractivity contribution in [3.05, 3.63) is 35.4 Å². The first kappa shape index (κ1) is 26.5. The van der Waals surface area contributed by atoms with Crippen LogP contribution in [0.25, 0.3) is 0 Å². The van der Waals surface area contributed by atoms with Crippen molar-refractivity contribution in [1.29, 1.82) is 0 Å². The van der Waals surface area contributed by atoms with E-state index in [9.17, 15) is 9.59 Å². The molecule has 1 rings (SSSR count). The molecule has 0 saturated heterocycles. The van der Waals surface area contributed by atoms with Gasteiger partial charge < -0.3 is 28.3 Å². The second-order valence-electron chi connectivity index (χ2n) is 7.38. The van der Waals surface area contributed by atoms with Gasteiger partial charge in [0.05, 0.1) is 0 Å². The lowest BCUT2D eigenvalue weighted by Gasteiger charge is -2.22. The van der Waals surface area contributed by atoms with Crippen LogP contribution >= 0.6 is 0 Å². The van der Waals surface area contributed by atoms with Crippen molar-refractivity contribution in [3.63, 3.8) is 0 Å². The van der Waals surface area contributed by atoms with Crippen LogP contribution < -0.4 is 10.6 Å². The Hall–Kier alpha value is -1.57. The van der Waals surface area contributed by atoms with Crippen LogP contribution in [0.1, 0.15) is 33.6 Å². The maximum atomic E-state index is 12.3. The van der Waals surface area contributed by atoms with E-state index < -0.39 is 17.1 Å². The Balaban J connectivity index is 2.41. The first-order valence-corrected chi connectivity index (χ1v) is 15.1. The van der Waals surface area contributed by atoms with Crippen LogP contribution in [0, 0.1) is 0 Å². The minimum Gasteiger partial charge on any atom is -0.398 e. The first-order valence-electron chi connectivity index (χ1n) is 10.1. The Morgan fingerprint density at radius 2 is 1.00 bits per heavy atom. The molecule has 2 N–H and O–H groups in total. The monoisotopic (exact) mass is 456 g/mol. The van der Waals surface area contributed by atoms with Gasteiger partial charge in [0, 0.05) is 52.7 Å². The third kappa shape index (κ3) is 8.66. The van der Waals surface area contributed by atoms with Gasteiger partial charge in [-0.15, -0.1) is 0 Å². The predicted molar refractivity (Wildman–Crippen MR) is 121 cm³/mol. The van der Waals surface area contributed by atoms with Crippen LogP contribution in [0.4, 0.5) is 0 Å². The van der Waals surface area contributed by atoms with Crippen LogP contribution in [-0.2, 0) is 17.7 Å².